The molecule has 3 nitrogen and oxygen atoms in total. The first-order chi connectivity index (χ1) is 8.20. The Bertz CT molecular complexity index is 269. The maximum absolute atomic E-state index is 12.2. The summed E-state index contributed by atoms with van der Waals surface area (Å²) in [4.78, 5) is 14.3. The second-order valence-electron chi connectivity index (χ2n) is 5.79. The number of rotatable bonds is 5. The van der Waals surface area contributed by atoms with Crippen LogP contribution in [0, 0.1) is 11.8 Å². The molecule has 2 aliphatic rings. The molecule has 2 N–H and O–H groups in total. The molecule has 0 radical (unpaired) electrons. The van der Waals surface area contributed by atoms with Gasteiger partial charge in [0.1, 0.15) is 0 Å². The Kier molecular flexibility index (Phi) is 6.44. The summed E-state index contributed by atoms with van der Waals surface area (Å²) in [7, 11) is 0. The van der Waals surface area contributed by atoms with Gasteiger partial charge >= 0.3 is 0 Å². The Morgan fingerprint density at radius 3 is 2.44 bits per heavy atom. The molecule has 0 aliphatic heterocycles. The van der Waals surface area contributed by atoms with Crippen LogP contribution >= 0.6 is 12.4 Å². The quantitative estimate of drug-likeness (QED) is 0.838. The molecule has 2 rings (SSSR count). The minimum atomic E-state index is 0. The standard InChI is InChI=1S/C14H26N2O.ClH/c1-2-16(10-11-7-8-11)14(17)9-12-5-3-4-6-13(12)15;/h11-13H,2-10,15H2,1H3;1H. The zero-order valence-electron chi connectivity index (χ0n) is 11.4. The van der Waals surface area contributed by atoms with E-state index in [1.807, 2.05) is 4.90 Å². The summed E-state index contributed by atoms with van der Waals surface area (Å²) in [6.45, 7) is 3.93. The molecular weight excluding hydrogens is 248 g/mol. The molecule has 2 unspecified atom stereocenters. The van der Waals surface area contributed by atoms with E-state index in [1.54, 1.807) is 0 Å². The Labute approximate surface area is 117 Å². The van der Waals surface area contributed by atoms with E-state index in [0.29, 0.717) is 18.2 Å². The van der Waals surface area contributed by atoms with E-state index >= 15 is 0 Å². The van der Waals surface area contributed by atoms with Gasteiger partial charge in [0, 0.05) is 25.6 Å². The summed E-state index contributed by atoms with van der Waals surface area (Å²) in [5.41, 5.74) is 6.11. The molecule has 2 fully saturated rings. The molecule has 0 aromatic rings. The largest absolute Gasteiger partial charge is 0.343 e. The van der Waals surface area contributed by atoms with Gasteiger partial charge in [-0.15, -0.1) is 12.4 Å². The summed E-state index contributed by atoms with van der Waals surface area (Å²) < 4.78 is 0. The van der Waals surface area contributed by atoms with Crippen molar-refractivity contribution in [3.05, 3.63) is 0 Å². The molecule has 0 heterocycles. The molecule has 0 aromatic heterocycles. The van der Waals surface area contributed by atoms with Gasteiger partial charge in [0.05, 0.1) is 0 Å². The molecular formula is C14H27ClN2O. The number of halogens is 1. The van der Waals surface area contributed by atoms with Crippen LogP contribution in [0.5, 0.6) is 0 Å². The number of nitrogens with two attached hydrogens (primary N) is 1. The minimum absolute atomic E-state index is 0. The average molecular weight is 275 g/mol. The first-order valence-electron chi connectivity index (χ1n) is 7.24. The van der Waals surface area contributed by atoms with Crippen molar-refractivity contribution in [1.82, 2.24) is 4.90 Å². The van der Waals surface area contributed by atoms with Crippen LogP contribution in [0.4, 0.5) is 0 Å². The van der Waals surface area contributed by atoms with Crippen LogP contribution < -0.4 is 5.73 Å². The van der Waals surface area contributed by atoms with Gasteiger partial charge < -0.3 is 10.6 Å². The van der Waals surface area contributed by atoms with Gasteiger partial charge in [0.25, 0.3) is 0 Å². The molecule has 2 aliphatic carbocycles. The van der Waals surface area contributed by atoms with Gasteiger partial charge in [-0.1, -0.05) is 12.8 Å². The second kappa shape index (κ2) is 7.34. The van der Waals surface area contributed by atoms with Crippen molar-refractivity contribution in [2.45, 2.75) is 57.9 Å². The van der Waals surface area contributed by atoms with Gasteiger partial charge in [-0.25, -0.2) is 0 Å². The molecule has 4 heteroatoms. The van der Waals surface area contributed by atoms with Crippen LogP contribution in [0.15, 0.2) is 0 Å². The highest BCUT2D eigenvalue weighted by atomic mass is 35.5. The van der Waals surface area contributed by atoms with Crippen LogP contribution in [0.25, 0.3) is 0 Å². The lowest BCUT2D eigenvalue weighted by Crippen LogP contribution is -2.39. The number of nitrogens with zero attached hydrogens (tertiary/aromatic N) is 1. The van der Waals surface area contributed by atoms with E-state index in [2.05, 4.69) is 6.92 Å². The Morgan fingerprint density at radius 1 is 1.22 bits per heavy atom. The predicted molar refractivity (Wildman–Crippen MR) is 76.8 cm³/mol. The van der Waals surface area contributed by atoms with Gasteiger partial charge in [0.2, 0.25) is 5.91 Å². The molecule has 106 valence electrons. The van der Waals surface area contributed by atoms with Crippen LogP contribution in [0.1, 0.15) is 51.9 Å². The van der Waals surface area contributed by atoms with E-state index in [4.69, 9.17) is 5.73 Å². The summed E-state index contributed by atoms with van der Waals surface area (Å²) >= 11 is 0. The molecule has 0 spiro atoms. The maximum atomic E-state index is 12.2. The number of hydrogen-bond acceptors (Lipinski definition) is 2. The third kappa shape index (κ3) is 4.43. The molecule has 2 saturated carbocycles. The summed E-state index contributed by atoms with van der Waals surface area (Å²) in [6, 6.07) is 0.257. The van der Waals surface area contributed by atoms with Crippen molar-refractivity contribution in [2.24, 2.45) is 17.6 Å². The number of carbonyl (C=O) groups excluding carboxylic acids is 1. The van der Waals surface area contributed by atoms with Gasteiger partial charge in [0.15, 0.2) is 0 Å². The van der Waals surface area contributed by atoms with Crippen molar-refractivity contribution in [1.29, 1.82) is 0 Å². The smallest absolute Gasteiger partial charge is 0.222 e. The van der Waals surface area contributed by atoms with Gasteiger partial charge in [-0.2, -0.15) is 0 Å². The fourth-order valence-corrected chi connectivity index (χ4v) is 2.86. The fraction of sp³-hybridized carbons (Fsp3) is 0.929. The first-order valence-corrected chi connectivity index (χ1v) is 7.24. The average Bonchev–Trinajstić information content (AvgIpc) is 3.12. The molecule has 2 atom stereocenters. The zero-order chi connectivity index (χ0) is 12.3. The van der Waals surface area contributed by atoms with E-state index in [1.165, 1.54) is 25.7 Å². The number of amides is 1. The van der Waals surface area contributed by atoms with E-state index in [-0.39, 0.29) is 18.4 Å². The van der Waals surface area contributed by atoms with Crippen molar-refractivity contribution in [3.8, 4) is 0 Å². The fourth-order valence-electron chi connectivity index (χ4n) is 2.86. The molecule has 0 aromatic carbocycles. The highest BCUT2D eigenvalue weighted by Gasteiger charge is 2.29. The van der Waals surface area contributed by atoms with E-state index < -0.39 is 0 Å². The Morgan fingerprint density at radius 2 is 1.89 bits per heavy atom. The van der Waals surface area contributed by atoms with E-state index in [9.17, 15) is 4.79 Å². The molecule has 0 bridgehead atoms. The predicted octanol–water partition coefficient (Wildman–Crippen LogP) is 2.57. The van der Waals surface area contributed by atoms with Gasteiger partial charge in [-0.05, 0) is 44.4 Å². The molecule has 1 amide bonds. The summed E-state index contributed by atoms with van der Waals surface area (Å²) in [5.74, 6) is 1.56. The minimum Gasteiger partial charge on any atom is -0.343 e. The van der Waals surface area contributed by atoms with Crippen molar-refractivity contribution >= 4 is 18.3 Å². The number of hydrogen-bond donors (Lipinski definition) is 1. The summed E-state index contributed by atoms with van der Waals surface area (Å²) in [5, 5.41) is 0. The van der Waals surface area contributed by atoms with Gasteiger partial charge in [-0.3, -0.25) is 4.79 Å². The Balaban J connectivity index is 0.00000162. The lowest BCUT2D eigenvalue weighted by molar-refractivity contribution is -0.132. The van der Waals surface area contributed by atoms with Crippen molar-refractivity contribution in [2.75, 3.05) is 13.1 Å². The summed E-state index contributed by atoms with van der Waals surface area (Å²) in [6.07, 6.45) is 8.05. The lowest BCUT2D eigenvalue weighted by Gasteiger charge is -2.30. The van der Waals surface area contributed by atoms with Crippen molar-refractivity contribution in [3.63, 3.8) is 0 Å². The third-order valence-electron chi connectivity index (χ3n) is 4.31. The monoisotopic (exact) mass is 274 g/mol. The van der Waals surface area contributed by atoms with Crippen LogP contribution in [0.2, 0.25) is 0 Å². The van der Waals surface area contributed by atoms with E-state index in [0.717, 1.165) is 31.8 Å². The SMILES string of the molecule is CCN(CC1CC1)C(=O)CC1CCCCC1N.Cl. The van der Waals surface area contributed by atoms with Crippen LogP contribution in [0.3, 0.4) is 0 Å². The highest BCUT2D eigenvalue weighted by Crippen LogP contribution is 2.31. The first kappa shape index (κ1) is 15.8. The molecule has 18 heavy (non-hydrogen) atoms. The Hall–Kier alpha value is -0.280. The zero-order valence-corrected chi connectivity index (χ0v) is 12.3. The topological polar surface area (TPSA) is 46.3 Å². The normalized spacial score (nSPS) is 27.4. The van der Waals surface area contributed by atoms with Crippen molar-refractivity contribution < 1.29 is 4.79 Å². The second-order valence-corrected chi connectivity index (χ2v) is 5.79. The molecule has 0 saturated heterocycles. The third-order valence-corrected chi connectivity index (χ3v) is 4.31. The van der Waals surface area contributed by atoms with Crippen LogP contribution in [-0.2, 0) is 4.79 Å². The number of carbonyl (C=O) groups is 1. The highest BCUT2D eigenvalue weighted by molar-refractivity contribution is 5.85. The maximum Gasteiger partial charge on any atom is 0.222 e. The lowest BCUT2D eigenvalue weighted by atomic mass is 9.82. The van der Waals surface area contributed by atoms with Crippen LogP contribution in [-0.4, -0.2) is 29.9 Å².